The van der Waals surface area contributed by atoms with E-state index in [-0.39, 0.29) is 5.56 Å². The van der Waals surface area contributed by atoms with Crippen LogP contribution in [0, 0.1) is 11.8 Å². The topological polar surface area (TPSA) is 90.5 Å². The predicted molar refractivity (Wildman–Crippen MR) is 63.6 cm³/mol. The lowest BCUT2D eigenvalue weighted by atomic mass is 9.96. The fourth-order valence-electron chi connectivity index (χ4n) is 2.28. The van der Waals surface area contributed by atoms with Crippen LogP contribution < -0.4 is 5.56 Å². The molecule has 9 heteroatoms. The molecule has 0 bridgehead atoms. The Hall–Kier alpha value is -2.32. The molecule has 0 radical (unpaired) electrons. The summed E-state index contributed by atoms with van der Waals surface area (Å²) in [4.78, 5) is 36.9. The van der Waals surface area contributed by atoms with Gasteiger partial charge in [-0.1, -0.05) is 0 Å². The molecule has 2 heterocycles. The summed E-state index contributed by atoms with van der Waals surface area (Å²) in [6, 6.07) is 2.25. The van der Waals surface area contributed by atoms with Crippen LogP contribution in [-0.4, -0.2) is 46.1 Å². The number of hydrogen-bond acceptors (Lipinski definition) is 3. The van der Waals surface area contributed by atoms with E-state index < -0.39 is 48.5 Å². The van der Waals surface area contributed by atoms with Crippen LogP contribution in [0.4, 0.5) is 13.2 Å². The third-order valence-corrected chi connectivity index (χ3v) is 3.38. The monoisotopic (exact) mass is 304 g/mol. The van der Waals surface area contributed by atoms with Gasteiger partial charge in [-0.2, -0.15) is 13.2 Å². The van der Waals surface area contributed by atoms with E-state index in [9.17, 15) is 27.6 Å². The summed E-state index contributed by atoms with van der Waals surface area (Å²) in [6.07, 6.45) is -3.61. The first-order valence-electron chi connectivity index (χ1n) is 5.97. The lowest BCUT2D eigenvalue weighted by molar-refractivity contribution is -0.187. The Morgan fingerprint density at radius 2 is 1.95 bits per heavy atom. The van der Waals surface area contributed by atoms with Gasteiger partial charge in [-0.15, -0.1) is 0 Å². The SMILES string of the molecule is O=C(O)[C@@H]1CN(C(=O)c2ccc(=O)[nH]c2)C[C@H]1C(F)(F)F. The fourth-order valence-corrected chi connectivity index (χ4v) is 2.28. The van der Waals surface area contributed by atoms with Crippen molar-refractivity contribution in [2.45, 2.75) is 6.18 Å². The first-order valence-corrected chi connectivity index (χ1v) is 5.97. The number of hydrogen-bond donors (Lipinski definition) is 2. The van der Waals surface area contributed by atoms with E-state index in [4.69, 9.17) is 5.11 Å². The van der Waals surface area contributed by atoms with Crippen LogP contribution in [0.3, 0.4) is 0 Å². The van der Waals surface area contributed by atoms with Crippen LogP contribution in [0.15, 0.2) is 23.1 Å². The minimum Gasteiger partial charge on any atom is -0.481 e. The maximum Gasteiger partial charge on any atom is 0.394 e. The van der Waals surface area contributed by atoms with Crippen molar-refractivity contribution in [1.29, 1.82) is 0 Å². The van der Waals surface area contributed by atoms with Gasteiger partial charge < -0.3 is 15.0 Å². The van der Waals surface area contributed by atoms with Crippen LogP contribution in [0.1, 0.15) is 10.4 Å². The van der Waals surface area contributed by atoms with Crippen molar-refractivity contribution >= 4 is 11.9 Å². The largest absolute Gasteiger partial charge is 0.481 e. The Kier molecular flexibility index (Phi) is 3.75. The first-order chi connectivity index (χ1) is 9.70. The highest BCUT2D eigenvalue weighted by Gasteiger charge is 2.53. The lowest BCUT2D eigenvalue weighted by Crippen LogP contribution is -2.34. The Bertz CT molecular complexity index is 605. The average Bonchev–Trinajstić information content (AvgIpc) is 2.84. The number of rotatable bonds is 2. The van der Waals surface area contributed by atoms with Crippen LogP contribution in [0.25, 0.3) is 0 Å². The van der Waals surface area contributed by atoms with Gasteiger partial charge in [-0.3, -0.25) is 14.4 Å². The second-order valence-electron chi connectivity index (χ2n) is 4.74. The van der Waals surface area contributed by atoms with Gasteiger partial charge in [0, 0.05) is 25.4 Å². The van der Waals surface area contributed by atoms with Crippen molar-refractivity contribution in [3.8, 4) is 0 Å². The molecule has 2 rings (SSSR count). The van der Waals surface area contributed by atoms with Gasteiger partial charge >= 0.3 is 12.1 Å². The molecule has 1 amide bonds. The van der Waals surface area contributed by atoms with E-state index in [1.807, 2.05) is 0 Å². The van der Waals surface area contributed by atoms with Crippen molar-refractivity contribution in [3.05, 3.63) is 34.2 Å². The Labute approximate surface area is 116 Å². The highest BCUT2D eigenvalue weighted by atomic mass is 19.4. The van der Waals surface area contributed by atoms with Crippen molar-refractivity contribution in [3.63, 3.8) is 0 Å². The zero-order chi connectivity index (χ0) is 15.8. The van der Waals surface area contributed by atoms with E-state index >= 15 is 0 Å². The molecule has 1 aromatic rings. The van der Waals surface area contributed by atoms with E-state index in [2.05, 4.69) is 4.98 Å². The number of aromatic amines is 1. The smallest absolute Gasteiger partial charge is 0.394 e. The molecule has 2 atom stereocenters. The van der Waals surface area contributed by atoms with E-state index in [0.29, 0.717) is 0 Å². The van der Waals surface area contributed by atoms with Crippen LogP contribution >= 0.6 is 0 Å². The van der Waals surface area contributed by atoms with Gasteiger partial charge in [0.2, 0.25) is 5.56 Å². The molecule has 21 heavy (non-hydrogen) atoms. The summed E-state index contributed by atoms with van der Waals surface area (Å²) >= 11 is 0. The number of H-pyrrole nitrogens is 1. The van der Waals surface area contributed by atoms with Crippen LogP contribution in [-0.2, 0) is 4.79 Å². The normalized spacial score (nSPS) is 22.3. The fraction of sp³-hybridized carbons (Fsp3) is 0.417. The second-order valence-corrected chi connectivity index (χ2v) is 4.74. The third kappa shape index (κ3) is 3.06. The molecule has 2 N–H and O–H groups in total. The number of nitrogens with zero attached hydrogens (tertiary/aromatic N) is 1. The third-order valence-electron chi connectivity index (χ3n) is 3.38. The molecule has 1 saturated heterocycles. The predicted octanol–water partition coefficient (Wildman–Crippen LogP) is 0.710. The molecule has 0 spiro atoms. The number of aromatic nitrogens is 1. The second kappa shape index (κ2) is 5.23. The highest BCUT2D eigenvalue weighted by Crippen LogP contribution is 2.38. The molecular formula is C12H11F3N2O4. The number of carboxylic acid groups (broad SMARTS) is 1. The zero-order valence-corrected chi connectivity index (χ0v) is 10.6. The first kappa shape index (κ1) is 15.1. The van der Waals surface area contributed by atoms with Crippen LogP contribution in [0.5, 0.6) is 0 Å². The molecule has 1 aliphatic heterocycles. The molecule has 114 valence electrons. The number of pyridine rings is 1. The maximum atomic E-state index is 12.8. The molecule has 0 aromatic carbocycles. The molecule has 1 aromatic heterocycles. The van der Waals surface area contributed by atoms with Crippen molar-refractivity contribution in [1.82, 2.24) is 9.88 Å². The van der Waals surface area contributed by atoms with Gasteiger partial charge in [-0.05, 0) is 6.07 Å². The number of nitrogens with one attached hydrogen (secondary N) is 1. The van der Waals surface area contributed by atoms with E-state index in [0.717, 1.165) is 17.2 Å². The number of amides is 1. The molecule has 6 nitrogen and oxygen atoms in total. The zero-order valence-electron chi connectivity index (χ0n) is 10.6. The molecule has 1 aliphatic rings. The lowest BCUT2D eigenvalue weighted by Gasteiger charge is -2.18. The van der Waals surface area contributed by atoms with Gasteiger partial charge in [0.25, 0.3) is 5.91 Å². The number of alkyl halides is 3. The number of carbonyl (C=O) groups is 2. The number of aliphatic carboxylic acids is 1. The number of carboxylic acids is 1. The van der Waals surface area contributed by atoms with Crippen molar-refractivity contribution in [2.75, 3.05) is 13.1 Å². The Morgan fingerprint density at radius 3 is 2.38 bits per heavy atom. The summed E-state index contributed by atoms with van der Waals surface area (Å²) in [7, 11) is 0. The maximum absolute atomic E-state index is 12.8. The standard InChI is InChI=1S/C12H11F3N2O4/c13-12(14,15)8-5-17(4-7(8)11(20)21)10(19)6-1-2-9(18)16-3-6/h1-3,7-8H,4-5H2,(H,16,18)(H,20,21)/t7-,8-/m1/s1. The number of halogens is 3. The average molecular weight is 304 g/mol. The Balaban J connectivity index is 2.22. The molecule has 0 aliphatic carbocycles. The molecule has 0 saturated carbocycles. The van der Waals surface area contributed by atoms with Gasteiger partial charge in [0.1, 0.15) is 0 Å². The summed E-state index contributed by atoms with van der Waals surface area (Å²) in [6.45, 7) is -1.23. The van der Waals surface area contributed by atoms with Crippen molar-refractivity contribution < 1.29 is 27.9 Å². The molecule has 1 fully saturated rings. The molecule has 0 unspecified atom stereocenters. The van der Waals surface area contributed by atoms with E-state index in [1.54, 1.807) is 0 Å². The minimum absolute atomic E-state index is 0.00145. The van der Waals surface area contributed by atoms with Gasteiger partial charge in [-0.25, -0.2) is 0 Å². The number of likely N-dealkylation sites (tertiary alicyclic amines) is 1. The molecular weight excluding hydrogens is 293 g/mol. The van der Waals surface area contributed by atoms with Gasteiger partial charge in [0.15, 0.2) is 0 Å². The van der Waals surface area contributed by atoms with E-state index in [1.165, 1.54) is 6.07 Å². The minimum atomic E-state index is -4.69. The quantitative estimate of drug-likeness (QED) is 0.842. The summed E-state index contributed by atoms with van der Waals surface area (Å²) < 4.78 is 38.4. The van der Waals surface area contributed by atoms with Crippen LogP contribution in [0.2, 0.25) is 0 Å². The Morgan fingerprint density at radius 1 is 1.29 bits per heavy atom. The number of carbonyl (C=O) groups excluding carboxylic acids is 1. The highest BCUT2D eigenvalue weighted by molar-refractivity contribution is 5.94. The summed E-state index contributed by atoms with van der Waals surface area (Å²) in [5.41, 5.74) is -0.453. The summed E-state index contributed by atoms with van der Waals surface area (Å²) in [5.74, 6) is -6.11. The van der Waals surface area contributed by atoms with Crippen molar-refractivity contribution in [2.24, 2.45) is 11.8 Å². The van der Waals surface area contributed by atoms with Gasteiger partial charge in [0.05, 0.1) is 17.4 Å². The summed E-state index contributed by atoms with van der Waals surface area (Å²) in [5, 5.41) is 8.87.